The van der Waals surface area contributed by atoms with E-state index >= 15 is 0 Å². The molecule has 0 aromatic rings. The molecule has 2 rings (SSSR count). The van der Waals surface area contributed by atoms with E-state index in [-0.39, 0.29) is 0 Å². The summed E-state index contributed by atoms with van der Waals surface area (Å²) in [7, 11) is 7.01. The van der Waals surface area contributed by atoms with Gasteiger partial charge in [0.25, 0.3) is 0 Å². The van der Waals surface area contributed by atoms with Crippen LogP contribution in [0.25, 0.3) is 0 Å². The molecule has 0 saturated heterocycles. The zero-order valence-corrected chi connectivity index (χ0v) is 4.74. The zero-order chi connectivity index (χ0) is 6.27. The zero-order valence-electron chi connectivity index (χ0n) is 4.74. The quantitative estimate of drug-likeness (QED) is 0.389. The molecule has 39 valence electrons. The maximum Gasteiger partial charge on any atom is 0.831 e. The molecule has 0 N–H and O–H groups in total. The first-order chi connectivity index (χ1) is 4.38. The first-order valence-electron chi connectivity index (χ1n) is 2.67. The third-order valence-corrected chi connectivity index (χ3v) is 1.32. The summed E-state index contributed by atoms with van der Waals surface area (Å²) in [5.74, 6) is 0. The SMILES string of the molecule is [B]C1=C2C=CC=[N+]2[B]O1. The number of hydrogen-bond donors (Lipinski definition) is 0. The van der Waals surface area contributed by atoms with E-state index in [0.717, 1.165) is 5.70 Å². The fraction of sp³-hybridized carbons (Fsp3) is 0. The van der Waals surface area contributed by atoms with Gasteiger partial charge in [0.15, 0.2) is 7.85 Å². The first kappa shape index (κ1) is 4.91. The van der Waals surface area contributed by atoms with E-state index in [1.54, 1.807) is 7.62 Å². The monoisotopic (exact) mass is 115 g/mol. The Morgan fingerprint density at radius 2 is 2.56 bits per heavy atom. The third kappa shape index (κ3) is 0.559. The van der Waals surface area contributed by atoms with Crippen molar-refractivity contribution >= 4 is 21.7 Å². The molecule has 2 heterocycles. The summed E-state index contributed by atoms with van der Waals surface area (Å²) in [5, 5.41) is 0. The molecule has 0 saturated carbocycles. The maximum absolute atomic E-state index is 5.43. The number of fused-ring (bicyclic) bond motifs is 1. The fourth-order valence-electron chi connectivity index (χ4n) is 0.868. The Hall–Kier alpha value is -0.920. The lowest BCUT2D eigenvalue weighted by molar-refractivity contribution is -0.305. The van der Waals surface area contributed by atoms with Crippen LogP contribution in [0.1, 0.15) is 0 Å². The molecule has 0 bridgehead atoms. The second-order valence-corrected chi connectivity index (χ2v) is 1.89. The minimum atomic E-state index is 0.472. The van der Waals surface area contributed by atoms with Gasteiger partial charge in [0, 0.05) is 12.2 Å². The third-order valence-electron chi connectivity index (χ3n) is 1.32. The maximum atomic E-state index is 5.43. The predicted molar refractivity (Wildman–Crippen MR) is 35.1 cm³/mol. The van der Waals surface area contributed by atoms with Crippen molar-refractivity contribution in [3.05, 3.63) is 23.5 Å². The molecule has 0 aliphatic carbocycles. The van der Waals surface area contributed by atoms with Crippen molar-refractivity contribution in [1.29, 1.82) is 0 Å². The number of hydrogen-bond acceptors (Lipinski definition) is 1. The molecular weight excluding hydrogens is 112 g/mol. The van der Waals surface area contributed by atoms with Crippen LogP contribution in [0.2, 0.25) is 0 Å². The Labute approximate surface area is 55.2 Å². The van der Waals surface area contributed by atoms with Crippen molar-refractivity contribution < 1.29 is 9.14 Å². The van der Waals surface area contributed by atoms with E-state index in [0.29, 0.717) is 5.66 Å². The molecule has 0 aromatic heterocycles. The summed E-state index contributed by atoms with van der Waals surface area (Å²) >= 11 is 0. The standard InChI is InChI=1S/C5H3B2NO/c6-5-4-2-1-3-8(4)7-9-5/h1-3H/q+1. The highest BCUT2D eigenvalue weighted by Gasteiger charge is 2.31. The van der Waals surface area contributed by atoms with Gasteiger partial charge in [-0.05, 0) is 0 Å². The van der Waals surface area contributed by atoms with Crippen molar-refractivity contribution in [2.45, 2.75) is 0 Å². The van der Waals surface area contributed by atoms with Crippen LogP contribution in [0.3, 0.4) is 0 Å². The van der Waals surface area contributed by atoms with Gasteiger partial charge in [-0.15, -0.1) is 0 Å². The van der Waals surface area contributed by atoms with Gasteiger partial charge < -0.3 is 4.65 Å². The van der Waals surface area contributed by atoms with Crippen molar-refractivity contribution in [2.24, 2.45) is 0 Å². The van der Waals surface area contributed by atoms with Gasteiger partial charge in [0.1, 0.15) is 6.21 Å². The van der Waals surface area contributed by atoms with E-state index in [2.05, 4.69) is 0 Å². The Balaban J connectivity index is 2.52. The predicted octanol–water partition coefficient (Wildman–Crippen LogP) is -0.459. The smallest absolute Gasteiger partial charge is 0.506 e. The van der Waals surface area contributed by atoms with Crippen LogP contribution in [-0.4, -0.2) is 26.2 Å². The largest absolute Gasteiger partial charge is 0.831 e. The molecule has 0 amide bonds. The molecule has 2 aliphatic heterocycles. The highest BCUT2D eigenvalue weighted by Crippen LogP contribution is 2.14. The Bertz CT molecular complexity index is 241. The van der Waals surface area contributed by atoms with Crippen molar-refractivity contribution in [2.75, 3.05) is 0 Å². The summed E-state index contributed by atoms with van der Waals surface area (Å²) in [4.78, 5) is 0. The van der Waals surface area contributed by atoms with Crippen LogP contribution in [-0.2, 0) is 4.65 Å². The van der Waals surface area contributed by atoms with Crippen LogP contribution < -0.4 is 0 Å². The molecule has 0 fully saturated rings. The van der Waals surface area contributed by atoms with Crippen LogP contribution in [0.4, 0.5) is 0 Å². The first-order valence-corrected chi connectivity index (χ1v) is 2.67. The van der Waals surface area contributed by atoms with Crippen molar-refractivity contribution in [3.8, 4) is 0 Å². The summed E-state index contributed by atoms with van der Waals surface area (Å²) in [6, 6.07) is 0. The van der Waals surface area contributed by atoms with Crippen molar-refractivity contribution in [1.82, 2.24) is 0 Å². The van der Waals surface area contributed by atoms with Crippen molar-refractivity contribution in [3.63, 3.8) is 0 Å². The Morgan fingerprint density at radius 1 is 1.67 bits per heavy atom. The molecule has 4 heteroatoms. The summed E-state index contributed by atoms with van der Waals surface area (Å²) in [6.07, 6.45) is 5.70. The Morgan fingerprint density at radius 3 is 3.33 bits per heavy atom. The summed E-state index contributed by atoms with van der Waals surface area (Å²) in [5.41, 5.74) is 1.40. The molecule has 3 radical (unpaired) electrons. The molecule has 9 heavy (non-hydrogen) atoms. The van der Waals surface area contributed by atoms with E-state index in [9.17, 15) is 0 Å². The molecule has 2 aliphatic rings. The van der Waals surface area contributed by atoms with Crippen LogP contribution in [0.5, 0.6) is 0 Å². The second-order valence-electron chi connectivity index (χ2n) is 1.89. The highest BCUT2D eigenvalue weighted by molar-refractivity contribution is 6.29. The van der Waals surface area contributed by atoms with E-state index in [1.165, 1.54) is 0 Å². The number of nitrogens with zero attached hydrogens (tertiary/aromatic N) is 1. The van der Waals surface area contributed by atoms with Crippen LogP contribution in [0.15, 0.2) is 23.5 Å². The minimum Gasteiger partial charge on any atom is -0.506 e. The van der Waals surface area contributed by atoms with Gasteiger partial charge in [-0.25, -0.2) is 4.49 Å². The second kappa shape index (κ2) is 1.53. The molecule has 0 unspecified atom stereocenters. The Kier molecular flexibility index (Phi) is 0.835. The molecule has 0 aromatic carbocycles. The lowest BCUT2D eigenvalue weighted by Crippen LogP contribution is -2.06. The number of allylic oxidation sites excluding steroid dienone is 2. The minimum absolute atomic E-state index is 0.472. The van der Waals surface area contributed by atoms with Crippen LogP contribution >= 0.6 is 0 Å². The average Bonchev–Trinajstić information content (AvgIpc) is 2.35. The average molecular weight is 115 g/mol. The lowest BCUT2D eigenvalue weighted by Gasteiger charge is -1.84. The van der Waals surface area contributed by atoms with Gasteiger partial charge in [0.2, 0.25) is 5.70 Å². The van der Waals surface area contributed by atoms with Gasteiger partial charge >= 0.3 is 7.62 Å². The van der Waals surface area contributed by atoms with Crippen LogP contribution in [0, 0.1) is 0 Å². The van der Waals surface area contributed by atoms with E-state index in [1.807, 2.05) is 22.9 Å². The number of rotatable bonds is 0. The molecule has 0 atom stereocenters. The van der Waals surface area contributed by atoms with E-state index in [4.69, 9.17) is 12.5 Å². The molecular formula is C5H3B2NO+. The summed E-state index contributed by atoms with van der Waals surface area (Å²) < 4.78 is 6.72. The molecule has 2 nitrogen and oxygen atoms in total. The highest BCUT2D eigenvalue weighted by atomic mass is 16.4. The summed E-state index contributed by atoms with van der Waals surface area (Å²) in [6.45, 7) is 0. The van der Waals surface area contributed by atoms with Gasteiger partial charge in [-0.3, -0.25) is 0 Å². The van der Waals surface area contributed by atoms with E-state index < -0.39 is 0 Å². The fourth-order valence-corrected chi connectivity index (χ4v) is 0.868. The van der Waals surface area contributed by atoms with Gasteiger partial charge in [-0.2, -0.15) is 0 Å². The molecule has 0 spiro atoms. The van der Waals surface area contributed by atoms with Gasteiger partial charge in [0.05, 0.1) is 5.66 Å². The van der Waals surface area contributed by atoms with Gasteiger partial charge in [-0.1, -0.05) is 0 Å². The normalized spacial score (nSPS) is 21.1. The lowest BCUT2D eigenvalue weighted by atomic mass is 10.1. The topological polar surface area (TPSA) is 12.2 Å².